The van der Waals surface area contributed by atoms with Gasteiger partial charge in [0.05, 0.1) is 5.56 Å². The first kappa shape index (κ1) is 11.7. The third-order valence-electron chi connectivity index (χ3n) is 2.11. The Morgan fingerprint density at radius 1 is 1.19 bits per heavy atom. The van der Waals surface area contributed by atoms with E-state index in [0.29, 0.717) is 9.86 Å². The molecule has 6 heteroatoms. The van der Waals surface area contributed by atoms with Crippen LogP contribution in [0, 0.1) is 0 Å². The fraction of sp³-hybridized carbons (Fsp3) is 0.100. The van der Waals surface area contributed by atoms with E-state index in [1.54, 1.807) is 6.07 Å². The maximum Gasteiger partial charge on any atom is 0.418 e. The summed E-state index contributed by atoms with van der Waals surface area (Å²) in [6.07, 6.45) is -3.69. The number of aromatic nitrogens is 1. The molecule has 0 aliphatic rings. The number of hydrogen-bond acceptors (Lipinski definition) is 1. The highest BCUT2D eigenvalue weighted by atomic mass is 79.9. The quantitative estimate of drug-likeness (QED) is 0.644. The van der Waals surface area contributed by atoms with Crippen LogP contribution in [-0.2, 0) is 6.18 Å². The largest absolute Gasteiger partial charge is 0.418 e. The Hall–Kier alpha value is -0.810. The van der Waals surface area contributed by atoms with Crippen molar-refractivity contribution in [1.29, 1.82) is 0 Å². The molecular formula is C10H4BrClF3N. The van der Waals surface area contributed by atoms with Crippen LogP contribution >= 0.6 is 27.5 Å². The third kappa shape index (κ3) is 2.01. The van der Waals surface area contributed by atoms with Gasteiger partial charge < -0.3 is 0 Å². The number of benzene rings is 1. The number of rotatable bonds is 0. The van der Waals surface area contributed by atoms with E-state index in [4.69, 9.17) is 11.6 Å². The highest BCUT2D eigenvalue weighted by Crippen LogP contribution is 2.37. The standard InChI is InChI=1S/C10H4BrClF3N/c11-5-1-2-6-7(3-5)8(10(13,14)15)4-16-9(6)12/h1-4H. The van der Waals surface area contributed by atoms with Gasteiger partial charge in [-0.05, 0) is 17.5 Å². The van der Waals surface area contributed by atoms with E-state index in [2.05, 4.69) is 20.9 Å². The van der Waals surface area contributed by atoms with E-state index in [0.717, 1.165) is 6.20 Å². The van der Waals surface area contributed by atoms with Gasteiger partial charge in [-0.25, -0.2) is 4.98 Å². The summed E-state index contributed by atoms with van der Waals surface area (Å²) in [6.45, 7) is 0. The topological polar surface area (TPSA) is 12.9 Å². The molecule has 0 radical (unpaired) electrons. The zero-order chi connectivity index (χ0) is 11.9. The van der Waals surface area contributed by atoms with Gasteiger partial charge in [-0.15, -0.1) is 0 Å². The first-order valence-corrected chi connectivity index (χ1v) is 5.37. The molecule has 2 aromatic rings. The van der Waals surface area contributed by atoms with Crippen molar-refractivity contribution in [2.75, 3.05) is 0 Å². The van der Waals surface area contributed by atoms with Crippen molar-refractivity contribution in [3.63, 3.8) is 0 Å². The average molecular weight is 311 g/mol. The molecule has 1 nitrogen and oxygen atoms in total. The van der Waals surface area contributed by atoms with Crippen LogP contribution in [0.2, 0.25) is 5.15 Å². The molecule has 0 saturated carbocycles. The minimum absolute atomic E-state index is 0.0434. The second-order valence-electron chi connectivity index (χ2n) is 3.15. The molecule has 0 N–H and O–H groups in total. The van der Waals surface area contributed by atoms with Gasteiger partial charge in [-0.1, -0.05) is 33.6 Å². The zero-order valence-electron chi connectivity index (χ0n) is 7.65. The molecule has 0 bridgehead atoms. The van der Waals surface area contributed by atoms with Crippen molar-refractivity contribution in [3.8, 4) is 0 Å². The van der Waals surface area contributed by atoms with E-state index in [-0.39, 0.29) is 10.5 Å². The first-order chi connectivity index (χ1) is 7.39. The highest BCUT2D eigenvalue weighted by Gasteiger charge is 2.33. The Morgan fingerprint density at radius 3 is 2.50 bits per heavy atom. The number of halogens is 5. The van der Waals surface area contributed by atoms with E-state index >= 15 is 0 Å². The van der Waals surface area contributed by atoms with Crippen molar-refractivity contribution >= 4 is 38.3 Å². The molecule has 16 heavy (non-hydrogen) atoms. The minimum Gasteiger partial charge on any atom is -0.243 e. The van der Waals surface area contributed by atoms with Crippen LogP contribution in [0.15, 0.2) is 28.9 Å². The van der Waals surface area contributed by atoms with E-state index < -0.39 is 11.7 Å². The van der Waals surface area contributed by atoms with Crippen molar-refractivity contribution in [1.82, 2.24) is 4.98 Å². The van der Waals surface area contributed by atoms with E-state index in [1.807, 2.05) is 0 Å². The normalized spacial score (nSPS) is 12.1. The molecule has 0 saturated heterocycles. The Bertz CT molecular complexity index is 553. The van der Waals surface area contributed by atoms with Crippen LogP contribution in [0.1, 0.15) is 5.56 Å². The molecule has 0 aliphatic heterocycles. The summed E-state index contributed by atoms with van der Waals surface area (Å²) in [6, 6.07) is 4.51. The smallest absolute Gasteiger partial charge is 0.243 e. The van der Waals surface area contributed by atoms with Gasteiger partial charge in [-0.2, -0.15) is 13.2 Å². The van der Waals surface area contributed by atoms with Crippen LogP contribution in [0.4, 0.5) is 13.2 Å². The summed E-state index contributed by atoms with van der Waals surface area (Å²) in [5, 5.41) is 0.400. The fourth-order valence-electron chi connectivity index (χ4n) is 1.41. The van der Waals surface area contributed by atoms with Crippen LogP contribution in [0.25, 0.3) is 10.8 Å². The molecule has 0 fully saturated rings. The lowest BCUT2D eigenvalue weighted by Crippen LogP contribution is -2.06. The van der Waals surface area contributed by atoms with Gasteiger partial charge in [0.15, 0.2) is 0 Å². The Morgan fingerprint density at radius 2 is 1.88 bits per heavy atom. The van der Waals surface area contributed by atoms with Crippen LogP contribution < -0.4 is 0 Å². The van der Waals surface area contributed by atoms with Crippen molar-refractivity contribution in [3.05, 3.63) is 39.6 Å². The maximum absolute atomic E-state index is 12.7. The molecule has 1 aromatic heterocycles. The SMILES string of the molecule is FC(F)(F)c1cnc(Cl)c2ccc(Br)cc12. The fourth-order valence-corrected chi connectivity index (χ4v) is 1.98. The Kier molecular flexibility index (Phi) is 2.84. The van der Waals surface area contributed by atoms with E-state index in [1.165, 1.54) is 12.1 Å². The number of nitrogens with zero attached hydrogens (tertiary/aromatic N) is 1. The third-order valence-corrected chi connectivity index (χ3v) is 2.90. The number of fused-ring (bicyclic) bond motifs is 1. The lowest BCUT2D eigenvalue weighted by molar-refractivity contribution is -0.136. The molecule has 0 amide bonds. The summed E-state index contributed by atoms with van der Waals surface area (Å²) in [4.78, 5) is 3.53. The monoisotopic (exact) mass is 309 g/mol. The first-order valence-electron chi connectivity index (χ1n) is 4.20. The van der Waals surface area contributed by atoms with Gasteiger partial charge >= 0.3 is 6.18 Å². The van der Waals surface area contributed by atoms with Gasteiger partial charge in [0.25, 0.3) is 0 Å². The highest BCUT2D eigenvalue weighted by molar-refractivity contribution is 9.10. The van der Waals surface area contributed by atoms with Crippen LogP contribution in [0.5, 0.6) is 0 Å². The number of alkyl halides is 3. The molecule has 0 atom stereocenters. The van der Waals surface area contributed by atoms with Crippen LogP contribution in [0.3, 0.4) is 0 Å². The lowest BCUT2D eigenvalue weighted by Gasteiger charge is -2.10. The van der Waals surface area contributed by atoms with Gasteiger partial charge in [0.2, 0.25) is 0 Å². The summed E-state index contributed by atoms with van der Waals surface area (Å²) in [7, 11) is 0. The van der Waals surface area contributed by atoms with Crippen LogP contribution in [-0.4, -0.2) is 4.98 Å². The zero-order valence-corrected chi connectivity index (χ0v) is 9.99. The Labute approximate surface area is 102 Å². The molecule has 0 aliphatic carbocycles. The summed E-state index contributed by atoms with van der Waals surface area (Å²) in [5.74, 6) is 0. The van der Waals surface area contributed by atoms with Crippen molar-refractivity contribution in [2.24, 2.45) is 0 Å². The van der Waals surface area contributed by atoms with Crippen molar-refractivity contribution < 1.29 is 13.2 Å². The summed E-state index contributed by atoms with van der Waals surface area (Å²) >= 11 is 8.86. The second kappa shape index (κ2) is 3.89. The van der Waals surface area contributed by atoms with E-state index in [9.17, 15) is 13.2 Å². The molecule has 2 rings (SSSR count). The Balaban J connectivity index is 2.86. The molecule has 84 valence electrons. The van der Waals surface area contributed by atoms with Gasteiger partial charge in [0, 0.05) is 16.1 Å². The average Bonchev–Trinajstić information content (AvgIpc) is 2.15. The number of pyridine rings is 1. The molecule has 0 spiro atoms. The molecule has 1 heterocycles. The number of hydrogen-bond donors (Lipinski definition) is 0. The molecule has 0 unspecified atom stereocenters. The lowest BCUT2D eigenvalue weighted by atomic mass is 10.1. The predicted octanol–water partition coefficient (Wildman–Crippen LogP) is 4.67. The van der Waals surface area contributed by atoms with Crippen molar-refractivity contribution in [2.45, 2.75) is 6.18 Å². The molecular weight excluding hydrogens is 306 g/mol. The maximum atomic E-state index is 12.7. The van der Waals surface area contributed by atoms with Gasteiger partial charge in [-0.3, -0.25) is 0 Å². The summed E-state index contributed by atoms with van der Waals surface area (Å²) in [5.41, 5.74) is -0.784. The summed E-state index contributed by atoms with van der Waals surface area (Å²) < 4.78 is 38.6. The predicted molar refractivity (Wildman–Crippen MR) is 59.5 cm³/mol. The minimum atomic E-state index is -4.43. The van der Waals surface area contributed by atoms with Gasteiger partial charge in [0.1, 0.15) is 5.15 Å². The second-order valence-corrected chi connectivity index (χ2v) is 4.42. The molecule has 1 aromatic carbocycles.